The molecule has 1 aromatic carbocycles. The number of ether oxygens (including phenoxy) is 1. The summed E-state index contributed by atoms with van der Waals surface area (Å²) in [6, 6.07) is 6.14. The quantitative estimate of drug-likeness (QED) is 0.593. The van der Waals surface area contributed by atoms with Gasteiger partial charge in [0.2, 0.25) is 0 Å². The van der Waals surface area contributed by atoms with Crippen molar-refractivity contribution in [2.75, 3.05) is 37.4 Å². The second kappa shape index (κ2) is 7.45. The molecule has 0 unspecified atom stereocenters. The van der Waals surface area contributed by atoms with E-state index in [1.165, 1.54) is 12.0 Å². The van der Waals surface area contributed by atoms with Crippen LogP contribution in [0.3, 0.4) is 0 Å². The number of methoxy groups -OCH3 is 1. The molecule has 1 fully saturated rings. The lowest BCUT2D eigenvalue weighted by molar-refractivity contribution is -0.136. The normalized spacial score (nSPS) is 17.1. The number of hydrogen-bond donors (Lipinski definition) is 3. The fourth-order valence-electron chi connectivity index (χ4n) is 2.69. The first-order chi connectivity index (χ1) is 12.0. The molecule has 1 heterocycles. The van der Waals surface area contributed by atoms with Crippen LogP contribution in [0, 0.1) is 0 Å². The molecule has 3 rings (SSSR count). The van der Waals surface area contributed by atoms with Crippen molar-refractivity contribution in [2.24, 2.45) is 0 Å². The summed E-state index contributed by atoms with van der Waals surface area (Å²) in [5, 5.41) is 15.7. The Bertz CT molecular complexity index is 731. The molecule has 1 aromatic rings. The largest absolute Gasteiger partial charge is 0.466 e. The number of aliphatic hydroxyl groups excluding tert-OH is 1. The van der Waals surface area contributed by atoms with E-state index < -0.39 is 5.97 Å². The van der Waals surface area contributed by atoms with E-state index in [0.29, 0.717) is 11.7 Å². The summed E-state index contributed by atoms with van der Waals surface area (Å²) in [5.41, 5.74) is 2.01. The summed E-state index contributed by atoms with van der Waals surface area (Å²) in [6.45, 7) is 0.106. The van der Waals surface area contributed by atoms with Gasteiger partial charge in [-0.15, -0.1) is 0 Å². The van der Waals surface area contributed by atoms with Gasteiger partial charge >= 0.3 is 5.97 Å². The van der Waals surface area contributed by atoms with Crippen LogP contribution in [0.2, 0.25) is 0 Å². The topological polar surface area (TPSA) is 90.9 Å². The summed E-state index contributed by atoms with van der Waals surface area (Å²) < 4.78 is 5.59. The molecule has 0 aromatic heterocycles. The number of carbonyl (C=O) groups excluding carboxylic acids is 2. The van der Waals surface area contributed by atoms with E-state index in [1.807, 2.05) is 18.2 Å². The molecular formula is C17H20BrN3O4. The van der Waals surface area contributed by atoms with Crippen LogP contribution in [0.15, 0.2) is 33.9 Å². The SMILES string of the molecule is COC(=O)C1=C(Nc2c(Br)cccc2NC2CC2)C(=O)N(CCO)C1. The minimum absolute atomic E-state index is 0.115. The van der Waals surface area contributed by atoms with Crippen LogP contribution in [0.1, 0.15) is 12.8 Å². The number of rotatable bonds is 7. The molecule has 0 bridgehead atoms. The van der Waals surface area contributed by atoms with Gasteiger partial charge in [0.15, 0.2) is 0 Å². The molecule has 0 saturated heterocycles. The van der Waals surface area contributed by atoms with Gasteiger partial charge in [0.25, 0.3) is 5.91 Å². The number of amides is 1. The van der Waals surface area contributed by atoms with Crippen LogP contribution in [0.25, 0.3) is 0 Å². The Morgan fingerprint density at radius 2 is 2.20 bits per heavy atom. The van der Waals surface area contributed by atoms with E-state index in [0.717, 1.165) is 23.0 Å². The summed E-state index contributed by atoms with van der Waals surface area (Å²) in [6.07, 6.45) is 2.23. The molecule has 1 aliphatic heterocycles. The first kappa shape index (κ1) is 17.8. The number of hydrogen-bond acceptors (Lipinski definition) is 6. The lowest BCUT2D eigenvalue weighted by atomic mass is 10.2. The number of halogens is 1. The lowest BCUT2D eigenvalue weighted by Gasteiger charge is -2.17. The Morgan fingerprint density at radius 1 is 1.44 bits per heavy atom. The van der Waals surface area contributed by atoms with E-state index >= 15 is 0 Å². The molecule has 3 N–H and O–H groups in total. The first-order valence-corrected chi connectivity index (χ1v) is 8.88. The van der Waals surface area contributed by atoms with E-state index in [1.54, 1.807) is 0 Å². The van der Waals surface area contributed by atoms with Gasteiger partial charge in [0.05, 0.1) is 37.2 Å². The Labute approximate surface area is 154 Å². The number of nitrogens with one attached hydrogen (secondary N) is 2. The predicted octanol–water partition coefficient (Wildman–Crippen LogP) is 1.70. The van der Waals surface area contributed by atoms with E-state index in [4.69, 9.17) is 9.84 Å². The zero-order chi connectivity index (χ0) is 18.0. The highest BCUT2D eigenvalue weighted by atomic mass is 79.9. The minimum Gasteiger partial charge on any atom is -0.466 e. The predicted molar refractivity (Wildman–Crippen MR) is 97.1 cm³/mol. The van der Waals surface area contributed by atoms with Crippen molar-refractivity contribution in [1.82, 2.24) is 4.90 Å². The van der Waals surface area contributed by atoms with E-state index in [2.05, 4.69) is 26.6 Å². The molecule has 0 radical (unpaired) electrons. The lowest BCUT2D eigenvalue weighted by Crippen LogP contribution is -2.31. The van der Waals surface area contributed by atoms with Gasteiger partial charge in [-0.25, -0.2) is 4.79 Å². The molecule has 7 nitrogen and oxygen atoms in total. The summed E-state index contributed by atoms with van der Waals surface area (Å²) in [7, 11) is 1.28. The van der Waals surface area contributed by atoms with Crippen molar-refractivity contribution in [1.29, 1.82) is 0 Å². The third-order valence-corrected chi connectivity index (χ3v) is 4.81. The van der Waals surface area contributed by atoms with E-state index in [9.17, 15) is 9.59 Å². The Balaban J connectivity index is 1.93. The maximum Gasteiger partial charge on any atom is 0.337 e. The maximum absolute atomic E-state index is 12.6. The zero-order valence-electron chi connectivity index (χ0n) is 13.8. The van der Waals surface area contributed by atoms with Crippen molar-refractivity contribution in [3.8, 4) is 0 Å². The average Bonchev–Trinajstić information content (AvgIpc) is 3.36. The molecule has 1 amide bonds. The molecule has 8 heteroatoms. The van der Waals surface area contributed by atoms with Crippen LogP contribution >= 0.6 is 15.9 Å². The molecule has 1 aliphatic carbocycles. The number of β-amino-alcohol motifs (C(OH)–C–C–N with tert-alkyl or cyclic N) is 1. The third-order valence-electron chi connectivity index (χ3n) is 4.15. The van der Waals surface area contributed by atoms with E-state index in [-0.39, 0.29) is 36.9 Å². The fraction of sp³-hybridized carbons (Fsp3) is 0.412. The smallest absolute Gasteiger partial charge is 0.337 e. The van der Waals surface area contributed by atoms with Gasteiger partial charge in [-0.05, 0) is 40.9 Å². The van der Waals surface area contributed by atoms with Crippen LogP contribution in [-0.2, 0) is 14.3 Å². The van der Waals surface area contributed by atoms with Crippen molar-refractivity contribution >= 4 is 39.2 Å². The molecule has 0 spiro atoms. The molecule has 134 valence electrons. The van der Waals surface area contributed by atoms with Crippen molar-refractivity contribution in [3.05, 3.63) is 33.9 Å². The number of carbonyl (C=O) groups is 2. The molecule has 1 saturated carbocycles. The number of nitrogens with zero attached hydrogens (tertiary/aromatic N) is 1. The third kappa shape index (κ3) is 3.80. The summed E-state index contributed by atoms with van der Waals surface area (Å²) in [5.74, 6) is -0.886. The number of anilines is 2. The molecule has 0 atom stereocenters. The highest BCUT2D eigenvalue weighted by Gasteiger charge is 2.35. The summed E-state index contributed by atoms with van der Waals surface area (Å²) >= 11 is 3.50. The van der Waals surface area contributed by atoms with Crippen LogP contribution in [0.5, 0.6) is 0 Å². The van der Waals surface area contributed by atoms with Gasteiger partial charge in [-0.1, -0.05) is 6.07 Å². The zero-order valence-corrected chi connectivity index (χ0v) is 15.4. The highest BCUT2D eigenvalue weighted by Crippen LogP contribution is 2.36. The first-order valence-electron chi connectivity index (χ1n) is 8.08. The average molecular weight is 410 g/mol. The van der Waals surface area contributed by atoms with Crippen molar-refractivity contribution in [3.63, 3.8) is 0 Å². The van der Waals surface area contributed by atoms with Crippen LogP contribution in [0.4, 0.5) is 11.4 Å². The standard InChI is InChI=1S/C17H20BrN3O4/c1-25-17(24)11-9-21(7-8-22)16(23)14(11)20-15-12(18)3-2-4-13(15)19-10-5-6-10/h2-4,10,19-20,22H,5-9H2,1H3. The number of para-hydroxylation sites is 1. The second-order valence-corrected chi connectivity index (χ2v) is 6.86. The maximum atomic E-state index is 12.6. The Kier molecular flexibility index (Phi) is 5.29. The summed E-state index contributed by atoms with van der Waals surface area (Å²) in [4.78, 5) is 26.1. The van der Waals surface area contributed by atoms with Crippen molar-refractivity contribution < 1.29 is 19.4 Å². The molecular weight excluding hydrogens is 390 g/mol. The molecule has 2 aliphatic rings. The van der Waals surface area contributed by atoms with Gasteiger partial charge in [-0.3, -0.25) is 4.79 Å². The van der Waals surface area contributed by atoms with Crippen LogP contribution in [-0.4, -0.2) is 54.7 Å². The Hall–Kier alpha value is -2.06. The minimum atomic E-state index is -0.556. The highest BCUT2D eigenvalue weighted by molar-refractivity contribution is 9.10. The van der Waals surface area contributed by atoms with Crippen molar-refractivity contribution in [2.45, 2.75) is 18.9 Å². The van der Waals surface area contributed by atoms with Gasteiger partial charge in [-0.2, -0.15) is 0 Å². The fourth-order valence-corrected chi connectivity index (χ4v) is 3.16. The Morgan fingerprint density at radius 3 is 2.84 bits per heavy atom. The second-order valence-electron chi connectivity index (χ2n) is 6.00. The number of esters is 1. The number of aliphatic hydroxyl groups is 1. The van der Waals surface area contributed by atoms with Gasteiger partial charge < -0.3 is 25.4 Å². The van der Waals surface area contributed by atoms with Gasteiger partial charge in [0.1, 0.15) is 5.70 Å². The monoisotopic (exact) mass is 409 g/mol. The van der Waals surface area contributed by atoms with Crippen LogP contribution < -0.4 is 10.6 Å². The molecule has 25 heavy (non-hydrogen) atoms. The number of benzene rings is 1. The van der Waals surface area contributed by atoms with Gasteiger partial charge in [0, 0.05) is 17.1 Å².